The zero-order chi connectivity index (χ0) is 25.2. The molecule has 0 fully saturated rings. The van der Waals surface area contributed by atoms with Gasteiger partial charge in [-0.25, -0.2) is 9.48 Å². The normalized spacial score (nSPS) is 13.3. The maximum atomic E-state index is 13.2. The summed E-state index contributed by atoms with van der Waals surface area (Å²) >= 11 is 0. The molecule has 1 aliphatic rings. The zero-order valence-electron chi connectivity index (χ0n) is 19.8. The van der Waals surface area contributed by atoms with Crippen molar-refractivity contribution in [3.63, 3.8) is 0 Å². The van der Waals surface area contributed by atoms with E-state index in [-0.39, 0.29) is 17.1 Å². The summed E-state index contributed by atoms with van der Waals surface area (Å²) < 4.78 is 23.2. The van der Waals surface area contributed by atoms with Crippen LogP contribution in [0.4, 0.5) is 0 Å². The Morgan fingerprint density at radius 3 is 2.44 bits per heavy atom. The van der Waals surface area contributed by atoms with E-state index in [4.69, 9.17) is 24.0 Å². The lowest BCUT2D eigenvalue weighted by molar-refractivity contribution is 0.0600. The van der Waals surface area contributed by atoms with Crippen LogP contribution in [0.1, 0.15) is 26.3 Å². The number of ether oxygens (including phenoxy) is 4. The first-order valence-corrected chi connectivity index (χ1v) is 11.1. The van der Waals surface area contributed by atoms with E-state index in [0.29, 0.717) is 34.1 Å². The number of methoxy groups -OCH3 is 3. The Morgan fingerprint density at radius 2 is 1.72 bits per heavy atom. The molecular weight excluding hydrogens is 460 g/mol. The van der Waals surface area contributed by atoms with Gasteiger partial charge in [-0.3, -0.25) is 4.79 Å². The van der Waals surface area contributed by atoms with Crippen LogP contribution in [0.3, 0.4) is 0 Å². The molecule has 0 atom stereocenters. The maximum absolute atomic E-state index is 13.2. The number of rotatable bonds is 6. The van der Waals surface area contributed by atoms with Gasteiger partial charge in [0.05, 0.1) is 38.1 Å². The minimum atomic E-state index is -0.525. The molecule has 5 rings (SSSR count). The highest BCUT2D eigenvalue weighted by molar-refractivity contribution is 6.15. The van der Waals surface area contributed by atoms with E-state index >= 15 is 0 Å². The van der Waals surface area contributed by atoms with E-state index in [1.807, 2.05) is 48.7 Å². The number of fused-ring (bicyclic) bond motifs is 1. The van der Waals surface area contributed by atoms with Gasteiger partial charge in [0.15, 0.2) is 17.3 Å². The third-order valence-corrected chi connectivity index (χ3v) is 5.80. The Hall–Kier alpha value is -4.85. The van der Waals surface area contributed by atoms with Crippen molar-refractivity contribution in [2.75, 3.05) is 21.3 Å². The molecule has 1 aromatic heterocycles. The van der Waals surface area contributed by atoms with Gasteiger partial charge in [-0.05, 0) is 54.6 Å². The fourth-order valence-electron chi connectivity index (χ4n) is 3.99. The zero-order valence-corrected chi connectivity index (χ0v) is 19.8. The highest BCUT2D eigenvalue weighted by Crippen LogP contribution is 2.36. The predicted molar refractivity (Wildman–Crippen MR) is 133 cm³/mol. The molecule has 0 unspecified atom stereocenters. The Balaban J connectivity index is 1.60. The summed E-state index contributed by atoms with van der Waals surface area (Å²) in [7, 11) is 4.43. The van der Waals surface area contributed by atoms with E-state index in [2.05, 4.69) is 0 Å². The van der Waals surface area contributed by atoms with Gasteiger partial charge in [0.1, 0.15) is 11.4 Å². The van der Waals surface area contributed by atoms with Gasteiger partial charge < -0.3 is 18.9 Å². The van der Waals surface area contributed by atoms with Crippen molar-refractivity contribution in [3.8, 4) is 34.2 Å². The first-order valence-electron chi connectivity index (χ1n) is 11.1. The average molecular weight is 482 g/mol. The third-order valence-electron chi connectivity index (χ3n) is 5.80. The highest BCUT2D eigenvalue weighted by Gasteiger charge is 2.29. The Labute approximate surface area is 207 Å². The molecule has 0 saturated heterocycles. The van der Waals surface area contributed by atoms with Crippen molar-refractivity contribution in [2.24, 2.45) is 0 Å². The van der Waals surface area contributed by atoms with E-state index < -0.39 is 5.97 Å². The van der Waals surface area contributed by atoms with Crippen LogP contribution in [0.15, 0.2) is 78.7 Å². The van der Waals surface area contributed by atoms with E-state index in [1.165, 1.54) is 13.2 Å². The number of hydrogen-bond donors (Lipinski definition) is 0. The number of carbonyl (C=O) groups is 2. The highest BCUT2D eigenvalue weighted by atomic mass is 16.5. The molecule has 3 aromatic carbocycles. The molecule has 0 amide bonds. The molecule has 36 heavy (non-hydrogen) atoms. The minimum Gasteiger partial charge on any atom is -0.493 e. The van der Waals surface area contributed by atoms with Gasteiger partial charge in [-0.2, -0.15) is 5.10 Å². The second-order valence-corrected chi connectivity index (χ2v) is 7.93. The van der Waals surface area contributed by atoms with Crippen LogP contribution in [0.2, 0.25) is 0 Å². The van der Waals surface area contributed by atoms with Crippen LogP contribution >= 0.6 is 0 Å². The van der Waals surface area contributed by atoms with Gasteiger partial charge in [0, 0.05) is 17.3 Å². The van der Waals surface area contributed by atoms with E-state index in [9.17, 15) is 9.59 Å². The molecule has 1 aliphatic heterocycles. The Kier molecular flexibility index (Phi) is 6.00. The molecule has 2 heterocycles. The number of nitrogens with zero attached hydrogens (tertiary/aromatic N) is 2. The minimum absolute atomic E-state index is 0.126. The monoisotopic (exact) mass is 482 g/mol. The van der Waals surface area contributed by atoms with E-state index in [1.54, 1.807) is 43.2 Å². The van der Waals surface area contributed by atoms with Crippen LogP contribution in [-0.4, -0.2) is 42.9 Å². The standard InChI is InChI=1S/C28H22N2O6/c1-33-23-12-9-17(14-24(23)34-2)26-19(16-30(29-26)20-7-5-4-6-8-20)15-25-27(31)21-13-18(28(32)35-3)10-11-22(21)36-25/h4-16H,1-3H3/b25-15-. The van der Waals surface area contributed by atoms with Crippen LogP contribution in [-0.2, 0) is 4.74 Å². The molecule has 0 N–H and O–H groups in total. The van der Waals surface area contributed by atoms with Crippen LogP contribution in [0.25, 0.3) is 23.0 Å². The quantitative estimate of drug-likeness (QED) is 0.283. The Morgan fingerprint density at radius 1 is 0.944 bits per heavy atom. The molecular formula is C28H22N2O6. The molecule has 0 aliphatic carbocycles. The van der Waals surface area contributed by atoms with E-state index in [0.717, 1.165) is 11.3 Å². The molecule has 8 nitrogen and oxygen atoms in total. The van der Waals surface area contributed by atoms with Gasteiger partial charge in [-0.15, -0.1) is 0 Å². The largest absolute Gasteiger partial charge is 0.493 e. The number of benzene rings is 3. The first-order chi connectivity index (χ1) is 17.5. The summed E-state index contributed by atoms with van der Waals surface area (Å²) in [6, 6.07) is 19.8. The number of para-hydroxylation sites is 1. The van der Waals surface area contributed by atoms with Gasteiger partial charge in [-0.1, -0.05) is 18.2 Å². The van der Waals surface area contributed by atoms with Crippen LogP contribution < -0.4 is 14.2 Å². The summed E-state index contributed by atoms with van der Waals surface area (Å²) in [6.07, 6.45) is 3.48. The van der Waals surface area contributed by atoms with Crippen LogP contribution in [0, 0.1) is 0 Å². The third kappa shape index (κ3) is 4.09. The second kappa shape index (κ2) is 9.42. The summed E-state index contributed by atoms with van der Waals surface area (Å²) in [5.74, 6) is 0.793. The number of hydrogen-bond acceptors (Lipinski definition) is 7. The molecule has 0 spiro atoms. The molecule has 0 bridgehead atoms. The number of aromatic nitrogens is 2. The molecule has 0 radical (unpaired) electrons. The van der Waals surface area contributed by atoms with Crippen molar-refractivity contribution in [2.45, 2.75) is 0 Å². The Bertz CT molecular complexity index is 1500. The fraction of sp³-hybridized carbons (Fsp3) is 0.107. The molecule has 180 valence electrons. The van der Waals surface area contributed by atoms with Crippen molar-refractivity contribution >= 4 is 17.8 Å². The lowest BCUT2D eigenvalue weighted by atomic mass is 10.0. The predicted octanol–water partition coefficient (Wildman–Crippen LogP) is 4.96. The first kappa shape index (κ1) is 22.9. The lowest BCUT2D eigenvalue weighted by Gasteiger charge is -2.09. The molecule has 4 aromatic rings. The topological polar surface area (TPSA) is 88.9 Å². The number of carbonyl (C=O) groups excluding carboxylic acids is 2. The second-order valence-electron chi connectivity index (χ2n) is 7.93. The number of esters is 1. The fourth-order valence-corrected chi connectivity index (χ4v) is 3.99. The van der Waals surface area contributed by atoms with Gasteiger partial charge >= 0.3 is 5.97 Å². The number of allylic oxidation sites excluding steroid dienone is 1. The van der Waals surface area contributed by atoms with Crippen molar-refractivity contribution in [3.05, 3.63) is 95.4 Å². The summed E-state index contributed by atoms with van der Waals surface area (Å²) in [6.45, 7) is 0. The SMILES string of the molecule is COC(=O)c1ccc2c(c1)C(=O)/C(=C/c1cn(-c3ccccc3)nc1-c1ccc(OC)c(OC)c1)O2. The average Bonchev–Trinajstić information content (AvgIpc) is 3.49. The van der Waals surface area contributed by atoms with Crippen LogP contribution in [0.5, 0.6) is 17.2 Å². The van der Waals surface area contributed by atoms with Gasteiger partial charge in [0.2, 0.25) is 5.78 Å². The molecule has 0 saturated carbocycles. The number of Topliss-reactive ketones (excluding diaryl/α,β-unsaturated/α-hetero) is 1. The molecule has 8 heteroatoms. The van der Waals surface area contributed by atoms with Crippen molar-refractivity contribution < 1.29 is 28.5 Å². The summed E-state index contributed by atoms with van der Waals surface area (Å²) in [4.78, 5) is 25.1. The smallest absolute Gasteiger partial charge is 0.337 e. The maximum Gasteiger partial charge on any atom is 0.337 e. The summed E-state index contributed by atoms with van der Waals surface area (Å²) in [5, 5.41) is 4.79. The lowest BCUT2D eigenvalue weighted by Crippen LogP contribution is -2.03. The number of ketones is 1. The summed E-state index contributed by atoms with van der Waals surface area (Å²) in [5.41, 5.74) is 3.48. The van der Waals surface area contributed by atoms with Gasteiger partial charge in [0.25, 0.3) is 0 Å². The van der Waals surface area contributed by atoms with Crippen molar-refractivity contribution in [1.82, 2.24) is 9.78 Å². The van der Waals surface area contributed by atoms with Crippen molar-refractivity contribution in [1.29, 1.82) is 0 Å².